The van der Waals surface area contributed by atoms with E-state index in [2.05, 4.69) is 74.6 Å². The fourth-order valence-corrected chi connectivity index (χ4v) is 12.2. The maximum Gasteiger partial charge on any atom is 0.306 e. The molecule has 0 fully saturated rings. The number of rotatable bonds is 72. The van der Waals surface area contributed by atoms with Crippen molar-refractivity contribution in [3.63, 3.8) is 0 Å². The van der Waals surface area contributed by atoms with Crippen LogP contribution >= 0.6 is 7.82 Å². The predicted octanol–water partition coefficient (Wildman–Crippen LogP) is 24.7. The number of carbonyl (C=O) groups is 2. The molecule has 0 radical (unpaired) electrons. The van der Waals surface area contributed by atoms with Gasteiger partial charge in [0, 0.05) is 12.8 Å². The molecular formula is C79H148NO8P. The first-order valence-electron chi connectivity index (χ1n) is 38.5. The first kappa shape index (κ1) is 86.7. The fourth-order valence-electron chi connectivity index (χ4n) is 11.5. The van der Waals surface area contributed by atoms with Gasteiger partial charge in [0.05, 0.1) is 27.7 Å². The lowest BCUT2D eigenvalue weighted by Gasteiger charge is -2.28. The van der Waals surface area contributed by atoms with Crippen molar-refractivity contribution < 1.29 is 42.1 Å². The van der Waals surface area contributed by atoms with Crippen LogP contribution in [-0.4, -0.2) is 70.0 Å². The van der Waals surface area contributed by atoms with Crippen LogP contribution in [0.1, 0.15) is 380 Å². The van der Waals surface area contributed by atoms with Gasteiger partial charge in [0.1, 0.15) is 19.8 Å². The molecule has 522 valence electrons. The van der Waals surface area contributed by atoms with Gasteiger partial charge in [-0.1, -0.05) is 370 Å². The minimum Gasteiger partial charge on any atom is -0.756 e. The molecular weight excluding hydrogens is 1120 g/mol. The average Bonchev–Trinajstić information content (AvgIpc) is 3.60. The van der Waals surface area contributed by atoms with E-state index in [4.69, 9.17) is 18.5 Å². The van der Waals surface area contributed by atoms with E-state index in [-0.39, 0.29) is 32.0 Å². The Balaban J connectivity index is 3.89. The number of hydrogen-bond acceptors (Lipinski definition) is 8. The van der Waals surface area contributed by atoms with Gasteiger partial charge in [-0.2, -0.15) is 0 Å². The second-order valence-corrected chi connectivity index (χ2v) is 28.8. The van der Waals surface area contributed by atoms with Crippen molar-refractivity contribution in [1.82, 2.24) is 0 Å². The molecule has 0 aromatic rings. The SMILES string of the molecule is CC/C=C\C/C=C\C/C=C\C/C=C\C/C=C\CCCCCCCCCCCCCCCCCCCCCCCCCCCC(=O)OC(COC(=O)CCCCCCCCCCCCCCCCCCCCCCCCCC)COP(=O)([O-])OCC[N+](C)(C)C. The standard InChI is InChI=1S/C79H148NO8P/c1-6-8-10-12-14-16-18-20-22-24-26-28-30-32-33-34-35-36-37-38-39-40-41-42-43-44-45-46-47-48-50-52-54-56-58-60-62-64-66-68-70-72-79(82)88-77(76-87-89(83,84)86-74-73-80(3,4)5)75-85-78(81)71-69-67-65-63-61-59-57-55-53-51-49-31-29-27-25-23-21-19-17-15-13-11-9-7-2/h8,10,14,16,20,22,26,28,32-33,77H,6-7,9,11-13,15,17-19,21,23-25,27,29-31,34-76H2,1-5H3/b10-8-,16-14-,22-20-,28-26-,33-32-. The normalized spacial score (nSPS) is 13.4. The number of ether oxygens (including phenoxy) is 2. The molecule has 0 saturated heterocycles. The number of phosphoric ester groups is 1. The molecule has 0 spiro atoms. The van der Waals surface area contributed by atoms with Crippen LogP contribution in [0.3, 0.4) is 0 Å². The average molecular weight is 1270 g/mol. The summed E-state index contributed by atoms with van der Waals surface area (Å²) in [7, 11) is 1.19. The van der Waals surface area contributed by atoms with Crippen molar-refractivity contribution in [3.05, 3.63) is 60.8 Å². The molecule has 0 aromatic carbocycles. The smallest absolute Gasteiger partial charge is 0.306 e. The minimum absolute atomic E-state index is 0.0275. The molecule has 0 amide bonds. The summed E-state index contributed by atoms with van der Waals surface area (Å²) in [5.74, 6) is -0.809. The third kappa shape index (κ3) is 74.6. The molecule has 0 saturated carbocycles. The highest BCUT2D eigenvalue weighted by Crippen LogP contribution is 2.38. The highest BCUT2D eigenvalue weighted by atomic mass is 31.2. The Kier molecular flexibility index (Phi) is 68.2. The highest BCUT2D eigenvalue weighted by molar-refractivity contribution is 7.45. The third-order valence-corrected chi connectivity index (χ3v) is 18.3. The summed E-state index contributed by atoms with van der Waals surface area (Å²) < 4.78 is 34.4. The van der Waals surface area contributed by atoms with E-state index in [1.54, 1.807) is 0 Å². The van der Waals surface area contributed by atoms with E-state index in [9.17, 15) is 19.0 Å². The van der Waals surface area contributed by atoms with Crippen LogP contribution in [0.25, 0.3) is 0 Å². The summed E-state index contributed by atoms with van der Waals surface area (Å²) >= 11 is 0. The molecule has 10 heteroatoms. The van der Waals surface area contributed by atoms with E-state index in [0.29, 0.717) is 17.4 Å². The summed E-state index contributed by atoms with van der Waals surface area (Å²) in [5, 5.41) is 0. The Hall–Kier alpha value is -2.29. The number of carbonyl (C=O) groups excluding carboxylic acids is 2. The fraction of sp³-hybridized carbons (Fsp3) is 0.848. The predicted molar refractivity (Wildman–Crippen MR) is 383 cm³/mol. The summed E-state index contributed by atoms with van der Waals surface area (Å²) in [6.07, 6.45) is 93.4. The third-order valence-electron chi connectivity index (χ3n) is 17.3. The maximum absolute atomic E-state index is 12.9. The topological polar surface area (TPSA) is 111 Å². The van der Waals surface area contributed by atoms with Crippen molar-refractivity contribution >= 4 is 19.8 Å². The summed E-state index contributed by atoms with van der Waals surface area (Å²) in [4.78, 5) is 38.1. The van der Waals surface area contributed by atoms with Crippen LogP contribution < -0.4 is 4.89 Å². The number of nitrogens with zero attached hydrogens (tertiary/aromatic N) is 1. The molecule has 0 N–H and O–H groups in total. The molecule has 9 nitrogen and oxygen atoms in total. The Labute approximate surface area is 553 Å². The van der Waals surface area contributed by atoms with Gasteiger partial charge in [-0.3, -0.25) is 14.2 Å². The number of unbranched alkanes of at least 4 members (excludes halogenated alkanes) is 48. The second kappa shape index (κ2) is 70.0. The first-order valence-corrected chi connectivity index (χ1v) is 40.0. The van der Waals surface area contributed by atoms with E-state index < -0.39 is 26.5 Å². The molecule has 0 aromatic heterocycles. The zero-order valence-electron chi connectivity index (χ0n) is 59.6. The first-order chi connectivity index (χ1) is 43.5. The van der Waals surface area contributed by atoms with Crippen LogP contribution in [0.4, 0.5) is 0 Å². The molecule has 0 aliphatic heterocycles. The Morgan fingerprint density at radius 1 is 0.360 bits per heavy atom. The zero-order chi connectivity index (χ0) is 64.8. The Morgan fingerprint density at radius 3 is 0.955 bits per heavy atom. The Morgan fingerprint density at radius 2 is 0.640 bits per heavy atom. The molecule has 0 aliphatic carbocycles. The lowest BCUT2D eigenvalue weighted by Crippen LogP contribution is -2.37. The Bertz CT molecular complexity index is 1690. The maximum atomic E-state index is 12.9. The molecule has 0 heterocycles. The number of quaternary nitrogens is 1. The number of allylic oxidation sites excluding steroid dienone is 10. The molecule has 0 rings (SSSR count). The molecule has 89 heavy (non-hydrogen) atoms. The molecule has 2 atom stereocenters. The van der Waals surface area contributed by atoms with Crippen molar-refractivity contribution in [1.29, 1.82) is 0 Å². The number of phosphoric acid groups is 1. The van der Waals surface area contributed by atoms with E-state index in [1.165, 1.54) is 283 Å². The van der Waals surface area contributed by atoms with Gasteiger partial charge in [-0.05, 0) is 57.8 Å². The summed E-state index contributed by atoms with van der Waals surface area (Å²) in [6.45, 7) is 4.20. The largest absolute Gasteiger partial charge is 0.756 e. The minimum atomic E-state index is -4.64. The van der Waals surface area contributed by atoms with Crippen molar-refractivity contribution in [2.24, 2.45) is 0 Å². The lowest BCUT2D eigenvalue weighted by atomic mass is 10.0. The lowest BCUT2D eigenvalue weighted by molar-refractivity contribution is -0.870. The van der Waals surface area contributed by atoms with Crippen LogP contribution in [0, 0.1) is 0 Å². The monoisotopic (exact) mass is 1270 g/mol. The van der Waals surface area contributed by atoms with Crippen LogP contribution in [-0.2, 0) is 32.7 Å². The van der Waals surface area contributed by atoms with Crippen molar-refractivity contribution in [2.45, 2.75) is 386 Å². The van der Waals surface area contributed by atoms with Gasteiger partial charge in [-0.15, -0.1) is 0 Å². The van der Waals surface area contributed by atoms with Gasteiger partial charge >= 0.3 is 11.9 Å². The van der Waals surface area contributed by atoms with Crippen LogP contribution in [0.2, 0.25) is 0 Å². The van der Waals surface area contributed by atoms with E-state index >= 15 is 0 Å². The number of hydrogen-bond donors (Lipinski definition) is 0. The quantitative estimate of drug-likeness (QED) is 0.0195. The van der Waals surface area contributed by atoms with Gasteiger partial charge in [0.25, 0.3) is 7.82 Å². The van der Waals surface area contributed by atoms with E-state index in [0.717, 1.165) is 64.2 Å². The van der Waals surface area contributed by atoms with Crippen LogP contribution in [0.5, 0.6) is 0 Å². The summed E-state index contributed by atoms with van der Waals surface area (Å²) in [5.41, 5.74) is 0. The van der Waals surface area contributed by atoms with Crippen molar-refractivity contribution in [3.8, 4) is 0 Å². The van der Waals surface area contributed by atoms with Gasteiger partial charge in [0.2, 0.25) is 0 Å². The van der Waals surface area contributed by atoms with Gasteiger partial charge < -0.3 is 27.9 Å². The number of esters is 2. The molecule has 0 bridgehead atoms. The highest BCUT2D eigenvalue weighted by Gasteiger charge is 2.22. The van der Waals surface area contributed by atoms with Crippen molar-refractivity contribution in [2.75, 3.05) is 47.5 Å². The van der Waals surface area contributed by atoms with Gasteiger partial charge in [-0.25, -0.2) is 0 Å². The van der Waals surface area contributed by atoms with Gasteiger partial charge in [0.15, 0.2) is 6.10 Å². The molecule has 2 unspecified atom stereocenters. The summed E-state index contributed by atoms with van der Waals surface area (Å²) in [6, 6.07) is 0. The van der Waals surface area contributed by atoms with E-state index in [1.807, 2.05) is 21.1 Å². The second-order valence-electron chi connectivity index (χ2n) is 27.4. The zero-order valence-corrected chi connectivity index (χ0v) is 60.5. The number of likely N-dealkylation sites (N-methyl/N-ethyl adjacent to an activating group) is 1. The van der Waals surface area contributed by atoms with Crippen LogP contribution in [0.15, 0.2) is 60.8 Å². The molecule has 0 aliphatic rings.